The first kappa shape index (κ1) is 11.3. The monoisotopic (exact) mass is 220 g/mol. The van der Waals surface area contributed by atoms with Crippen LogP contribution in [0.15, 0.2) is 6.07 Å². The molecule has 1 saturated carbocycles. The lowest BCUT2D eigenvalue weighted by molar-refractivity contribution is 0.595. The van der Waals surface area contributed by atoms with Crippen molar-refractivity contribution < 1.29 is 0 Å². The summed E-state index contributed by atoms with van der Waals surface area (Å²) < 4.78 is 0. The van der Waals surface area contributed by atoms with Crippen molar-refractivity contribution in [1.29, 1.82) is 0 Å². The van der Waals surface area contributed by atoms with Crippen LogP contribution in [-0.4, -0.2) is 23.1 Å². The molecule has 1 aliphatic rings. The Balaban J connectivity index is 2.20. The van der Waals surface area contributed by atoms with Crippen molar-refractivity contribution >= 4 is 5.95 Å². The van der Waals surface area contributed by atoms with E-state index >= 15 is 0 Å². The fourth-order valence-corrected chi connectivity index (χ4v) is 1.96. The first-order valence-corrected chi connectivity index (χ1v) is 5.89. The van der Waals surface area contributed by atoms with E-state index in [9.17, 15) is 0 Å². The van der Waals surface area contributed by atoms with Crippen LogP contribution in [-0.2, 0) is 6.54 Å². The Labute approximate surface area is 96.9 Å². The fraction of sp³-hybridized carbons (Fsp3) is 0.667. The van der Waals surface area contributed by atoms with Gasteiger partial charge in [0.2, 0.25) is 5.95 Å². The molecule has 1 fully saturated rings. The smallest absolute Gasteiger partial charge is 0.225 e. The normalized spacial score (nSPS) is 17.2. The van der Waals surface area contributed by atoms with Crippen LogP contribution in [0.3, 0.4) is 0 Å². The number of aromatic nitrogens is 2. The highest BCUT2D eigenvalue weighted by Gasteiger charge is 2.31. The molecule has 0 spiro atoms. The van der Waals surface area contributed by atoms with E-state index in [2.05, 4.69) is 28.8 Å². The van der Waals surface area contributed by atoms with E-state index < -0.39 is 0 Å². The number of rotatable bonds is 4. The Morgan fingerprint density at radius 1 is 1.50 bits per heavy atom. The molecule has 0 bridgehead atoms. The summed E-state index contributed by atoms with van der Waals surface area (Å²) in [6.45, 7) is 4.70. The zero-order valence-electron chi connectivity index (χ0n) is 10.3. The molecule has 1 aromatic rings. The van der Waals surface area contributed by atoms with Crippen LogP contribution in [0.5, 0.6) is 0 Å². The van der Waals surface area contributed by atoms with E-state index in [-0.39, 0.29) is 0 Å². The van der Waals surface area contributed by atoms with Gasteiger partial charge < -0.3 is 10.6 Å². The molecule has 4 heteroatoms. The summed E-state index contributed by atoms with van der Waals surface area (Å²) in [4.78, 5) is 11.1. The summed E-state index contributed by atoms with van der Waals surface area (Å²) in [6, 6.07) is 2.46. The molecule has 1 heterocycles. The van der Waals surface area contributed by atoms with E-state index in [1.54, 1.807) is 0 Å². The molecular weight excluding hydrogens is 200 g/mol. The summed E-state index contributed by atoms with van der Waals surface area (Å²) in [7, 11) is 2.07. The predicted octanol–water partition coefficient (Wildman–Crippen LogP) is 1.48. The zero-order chi connectivity index (χ0) is 11.7. The topological polar surface area (TPSA) is 55.0 Å². The van der Waals surface area contributed by atoms with Gasteiger partial charge in [0.1, 0.15) is 0 Å². The molecule has 0 radical (unpaired) electrons. The van der Waals surface area contributed by atoms with Gasteiger partial charge in [-0.25, -0.2) is 9.97 Å². The lowest BCUT2D eigenvalue weighted by atomic mass is 10.2. The third kappa shape index (κ3) is 2.32. The zero-order valence-corrected chi connectivity index (χ0v) is 10.3. The van der Waals surface area contributed by atoms with Crippen molar-refractivity contribution in [2.24, 2.45) is 11.7 Å². The maximum absolute atomic E-state index is 5.63. The molecule has 2 rings (SSSR count). The second kappa shape index (κ2) is 4.37. The van der Waals surface area contributed by atoms with Crippen LogP contribution in [0, 0.1) is 12.8 Å². The van der Waals surface area contributed by atoms with Gasteiger partial charge in [-0.3, -0.25) is 0 Å². The van der Waals surface area contributed by atoms with Crippen LogP contribution in [0.25, 0.3) is 0 Å². The van der Waals surface area contributed by atoms with Gasteiger partial charge in [0.25, 0.3) is 0 Å². The first-order chi connectivity index (χ1) is 7.61. The third-order valence-corrected chi connectivity index (χ3v) is 3.34. The van der Waals surface area contributed by atoms with E-state index in [0.717, 1.165) is 23.3 Å². The van der Waals surface area contributed by atoms with Gasteiger partial charge >= 0.3 is 0 Å². The largest absolute Gasteiger partial charge is 0.341 e. The molecule has 88 valence electrons. The molecule has 1 aromatic heterocycles. The number of anilines is 1. The van der Waals surface area contributed by atoms with Crippen LogP contribution in [0.1, 0.15) is 31.2 Å². The standard InChI is InChI=1S/C12H20N4/c1-8-6-11(7-13)15-12(14-8)16(3)9(2)10-4-5-10/h6,9-10H,4-5,7,13H2,1-3H3. The molecular formula is C12H20N4. The van der Waals surface area contributed by atoms with Gasteiger partial charge in [0.05, 0.1) is 5.69 Å². The highest BCUT2D eigenvalue weighted by atomic mass is 15.3. The molecule has 0 amide bonds. The Hall–Kier alpha value is -1.16. The number of nitrogens with zero attached hydrogens (tertiary/aromatic N) is 3. The maximum Gasteiger partial charge on any atom is 0.225 e. The molecule has 0 aliphatic heterocycles. The van der Waals surface area contributed by atoms with Gasteiger partial charge in [-0.2, -0.15) is 0 Å². The third-order valence-electron chi connectivity index (χ3n) is 3.34. The minimum Gasteiger partial charge on any atom is -0.341 e. The van der Waals surface area contributed by atoms with E-state index in [1.807, 2.05) is 13.0 Å². The van der Waals surface area contributed by atoms with Crippen molar-refractivity contribution in [2.45, 2.75) is 39.3 Å². The summed E-state index contributed by atoms with van der Waals surface area (Å²) in [6.07, 6.45) is 2.67. The van der Waals surface area contributed by atoms with Crippen LogP contribution < -0.4 is 10.6 Å². The highest BCUT2D eigenvalue weighted by molar-refractivity contribution is 5.33. The van der Waals surface area contributed by atoms with Gasteiger partial charge in [-0.1, -0.05) is 0 Å². The summed E-state index contributed by atoms with van der Waals surface area (Å²) in [5.74, 6) is 1.62. The average Bonchev–Trinajstić information content (AvgIpc) is 3.10. The number of nitrogens with two attached hydrogens (primary N) is 1. The van der Waals surface area contributed by atoms with Gasteiger partial charge in [-0.05, 0) is 38.7 Å². The molecule has 1 unspecified atom stereocenters. The van der Waals surface area contributed by atoms with Crippen molar-refractivity contribution in [2.75, 3.05) is 11.9 Å². The number of aryl methyl sites for hydroxylation is 1. The Morgan fingerprint density at radius 2 is 2.19 bits per heavy atom. The average molecular weight is 220 g/mol. The molecule has 2 N–H and O–H groups in total. The van der Waals surface area contributed by atoms with E-state index in [1.165, 1.54) is 12.8 Å². The van der Waals surface area contributed by atoms with E-state index in [0.29, 0.717) is 12.6 Å². The van der Waals surface area contributed by atoms with Crippen molar-refractivity contribution in [3.8, 4) is 0 Å². The maximum atomic E-state index is 5.63. The summed E-state index contributed by atoms with van der Waals surface area (Å²) in [5.41, 5.74) is 7.53. The second-order valence-corrected chi connectivity index (χ2v) is 4.69. The van der Waals surface area contributed by atoms with Crippen LogP contribution in [0.2, 0.25) is 0 Å². The molecule has 1 atom stereocenters. The molecule has 16 heavy (non-hydrogen) atoms. The van der Waals surface area contributed by atoms with Crippen molar-refractivity contribution in [3.63, 3.8) is 0 Å². The Kier molecular flexibility index (Phi) is 3.10. The lowest BCUT2D eigenvalue weighted by Crippen LogP contribution is -2.32. The Bertz CT molecular complexity index is 373. The molecule has 1 aliphatic carbocycles. The highest BCUT2D eigenvalue weighted by Crippen LogP contribution is 2.35. The molecule has 4 nitrogen and oxygen atoms in total. The fourth-order valence-electron chi connectivity index (χ4n) is 1.96. The number of hydrogen-bond donors (Lipinski definition) is 1. The second-order valence-electron chi connectivity index (χ2n) is 4.69. The molecule has 0 aromatic carbocycles. The molecule has 0 saturated heterocycles. The van der Waals surface area contributed by atoms with Gasteiger partial charge in [-0.15, -0.1) is 0 Å². The van der Waals surface area contributed by atoms with Gasteiger partial charge in [0, 0.05) is 25.3 Å². The lowest BCUT2D eigenvalue weighted by Gasteiger charge is -2.25. The summed E-state index contributed by atoms with van der Waals surface area (Å²) >= 11 is 0. The summed E-state index contributed by atoms with van der Waals surface area (Å²) in [5, 5.41) is 0. The minimum absolute atomic E-state index is 0.474. The van der Waals surface area contributed by atoms with Crippen molar-refractivity contribution in [3.05, 3.63) is 17.5 Å². The predicted molar refractivity (Wildman–Crippen MR) is 65.2 cm³/mol. The number of hydrogen-bond acceptors (Lipinski definition) is 4. The quantitative estimate of drug-likeness (QED) is 0.835. The van der Waals surface area contributed by atoms with Crippen LogP contribution in [0.4, 0.5) is 5.95 Å². The first-order valence-electron chi connectivity index (χ1n) is 5.89. The van der Waals surface area contributed by atoms with E-state index in [4.69, 9.17) is 5.73 Å². The SMILES string of the molecule is Cc1cc(CN)nc(N(C)C(C)C2CC2)n1. The van der Waals surface area contributed by atoms with Crippen molar-refractivity contribution in [1.82, 2.24) is 9.97 Å². The Morgan fingerprint density at radius 3 is 2.75 bits per heavy atom. The van der Waals surface area contributed by atoms with Crippen LogP contribution >= 0.6 is 0 Å². The minimum atomic E-state index is 0.474. The van der Waals surface area contributed by atoms with Gasteiger partial charge in [0.15, 0.2) is 0 Å².